The van der Waals surface area contributed by atoms with Crippen molar-refractivity contribution in [2.24, 2.45) is 5.73 Å². The van der Waals surface area contributed by atoms with Gasteiger partial charge in [-0.15, -0.1) is 0 Å². The number of ether oxygens (including phenoxy) is 1. The maximum absolute atomic E-state index is 5.63. The zero-order valence-electron chi connectivity index (χ0n) is 9.49. The highest BCUT2D eigenvalue weighted by molar-refractivity contribution is 5.27. The molecule has 0 amide bonds. The van der Waals surface area contributed by atoms with E-state index in [1.165, 1.54) is 5.56 Å². The maximum Gasteiger partial charge on any atom is 0.118 e. The number of hydrogen-bond acceptors (Lipinski definition) is 3. The first kappa shape index (κ1) is 12.0. The van der Waals surface area contributed by atoms with Gasteiger partial charge in [0.15, 0.2) is 0 Å². The average Bonchev–Trinajstić information content (AvgIpc) is 2.25. The van der Waals surface area contributed by atoms with Gasteiger partial charge in [-0.3, -0.25) is 0 Å². The van der Waals surface area contributed by atoms with E-state index in [9.17, 15) is 0 Å². The van der Waals surface area contributed by atoms with Crippen molar-refractivity contribution in [2.45, 2.75) is 19.4 Å². The number of hydrogen-bond donors (Lipinski definition) is 2. The second-order valence-corrected chi connectivity index (χ2v) is 3.78. The number of methoxy groups -OCH3 is 1. The highest BCUT2D eigenvalue weighted by atomic mass is 16.5. The lowest BCUT2D eigenvalue weighted by molar-refractivity contribution is 0.414. The molecule has 0 aliphatic heterocycles. The molecule has 0 heterocycles. The Labute approximate surface area is 91.6 Å². The monoisotopic (exact) mass is 208 g/mol. The summed E-state index contributed by atoms with van der Waals surface area (Å²) in [6.07, 6.45) is 1.02. The summed E-state index contributed by atoms with van der Waals surface area (Å²) in [4.78, 5) is 0. The molecular weight excluding hydrogens is 188 g/mol. The predicted molar refractivity (Wildman–Crippen MR) is 63.2 cm³/mol. The van der Waals surface area contributed by atoms with E-state index in [4.69, 9.17) is 10.5 Å². The van der Waals surface area contributed by atoms with Crippen LogP contribution in [0, 0.1) is 0 Å². The number of nitrogens with one attached hydrogen (secondary N) is 1. The van der Waals surface area contributed by atoms with Crippen LogP contribution in [0.2, 0.25) is 0 Å². The lowest BCUT2D eigenvalue weighted by Gasteiger charge is -2.07. The van der Waals surface area contributed by atoms with Crippen LogP contribution in [-0.4, -0.2) is 26.2 Å². The summed E-state index contributed by atoms with van der Waals surface area (Å²) in [7, 11) is 1.68. The lowest BCUT2D eigenvalue weighted by Crippen LogP contribution is -2.32. The molecule has 0 spiro atoms. The van der Waals surface area contributed by atoms with Crippen molar-refractivity contribution in [3.8, 4) is 5.75 Å². The smallest absolute Gasteiger partial charge is 0.118 e. The Morgan fingerprint density at radius 3 is 2.53 bits per heavy atom. The molecule has 3 nitrogen and oxygen atoms in total. The van der Waals surface area contributed by atoms with Gasteiger partial charge in [0, 0.05) is 12.6 Å². The van der Waals surface area contributed by atoms with Gasteiger partial charge in [0.2, 0.25) is 0 Å². The van der Waals surface area contributed by atoms with Crippen molar-refractivity contribution in [3.05, 3.63) is 29.8 Å². The first-order valence-electron chi connectivity index (χ1n) is 5.31. The summed E-state index contributed by atoms with van der Waals surface area (Å²) in [5.74, 6) is 0.905. The van der Waals surface area contributed by atoms with Gasteiger partial charge in [-0.2, -0.15) is 0 Å². The highest BCUT2D eigenvalue weighted by Gasteiger charge is 1.95. The summed E-state index contributed by atoms with van der Waals surface area (Å²) in [6.45, 7) is 3.84. The zero-order valence-corrected chi connectivity index (χ0v) is 9.49. The van der Waals surface area contributed by atoms with Gasteiger partial charge in [0.05, 0.1) is 7.11 Å². The van der Waals surface area contributed by atoms with E-state index in [2.05, 4.69) is 17.4 Å². The van der Waals surface area contributed by atoms with Crippen LogP contribution in [0.3, 0.4) is 0 Å². The quantitative estimate of drug-likeness (QED) is 0.690. The van der Waals surface area contributed by atoms with Gasteiger partial charge in [-0.25, -0.2) is 0 Å². The van der Waals surface area contributed by atoms with Gasteiger partial charge in [0.1, 0.15) is 5.75 Å². The Bertz CT molecular complexity index is 269. The molecule has 15 heavy (non-hydrogen) atoms. The topological polar surface area (TPSA) is 47.3 Å². The fourth-order valence-electron chi connectivity index (χ4n) is 1.35. The summed E-state index contributed by atoms with van der Waals surface area (Å²) in [6, 6.07) is 8.38. The van der Waals surface area contributed by atoms with Gasteiger partial charge in [0.25, 0.3) is 0 Å². The van der Waals surface area contributed by atoms with Crippen LogP contribution in [-0.2, 0) is 6.42 Å². The fraction of sp³-hybridized carbons (Fsp3) is 0.500. The van der Waals surface area contributed by atoms with Crippen LogP contribution in [0.15, 0.2) is 24.3 Å². The van der Waals surface area contributed by atoms with E-state index < -0.39 is 0 Å². The fourth-order valence-corrected chi connectivity index (χ4v) is 1.35. The molecule has 1 aromatic rings. The molecule has 0 radical (unpaired) electrons. The van der Waals surface area contributed by atoms with Crippen LogP contribution in [0.5, 0.6) is 5.75 Å². The molecule has 0 aromatic heterocycles. The Morgan fingerprint density at radius 2 is 2.00 bits per heavy atom. The normalized spacial score (nSPS) is 12.5. The highest BCUT2D eigenvalue weighted by Crippen LogP contribution is 2.11. The van der Waals surface area contributed by atoms with Crippen LogP contribution < -0.4 is 15.8 Å². The Balaban J connectivity index is 2.25. The third-order valence-corrected chi connectivity index (χ3v) is 2.22. The molecule has 0 saturated heterocycles. The molecule has 3 N–H and O–H groups in total. The van der Waals surface area contributed by atoms with Crippen molar-refractivity contribution in [1.29, 1.82) is 0 Å². The predicted octanol–water partition coefficient (Wildman–Crippen LogP) is 1.17. The maximum atomic E-state index is 5.63. The molecule has 0 fully saturated rings. The Hall–Kier alpha value is -1.06. The molecule has 1 aromatic carbocycles. The summed E-state index contributed by atoms with van der Waals surface area (Å²) >= 11 is 0. The molecule has 84 valence electrons. The third kappa shape index (κ3) is 4.81. The zero-order chi connectivity index (χ0) is 11.1. The summed E-state index contributed by atoms with van der Waals surface area (Å²) in [5, 5.41) is 3.31. The molecule has 0 aliphatic carbocycles. The van der Waals surface area contributed by atoms with Crippen molar-refractivity contribution < 1.29 is 4.74 Å². The molecule has 3 heteroatoms. The van der Waals surface area contributed by atoms with E-state index in [0.717, 1.165) is 25.3 Å². The largest absolute Gasteiger partial charge is 0.497 e. The van der Waals surface area contributed by atoms with Crippen LogP contribution in [0.1, 0.15) is 12.5 Å². The molecule has 0 bridgehead atoms. The number of rotatable bonds is 6. The van der Waals surface area contributed by atoms with E-state index >= 15 is 0 Å². The standard InChI is InChI=1S/C12H20N2O/c1-10(13)9-14-8-7-11-3-5-12(15-2)6-4-11/h3-6,10,14H,7-9,13H2,1-2H3. The van der Waals surface area contributed by atoms with Gasteiger partial charge >= 0.3 is 0 Å². The van der Waals surface area contributed by atoms with Crippen molar-refractivity contribution in [2.75, 3.05) is 20.2 Å². The average molecular weight is 208 g/mol. The Morgan fingerprint density at radius 1 is 1.33 bits per heavy atom. The first-order valence-corrected chi connectivity index (χ1v) is 5.31. The molecule has 0 saturated carbocycles. The second-order valence-electron chi connectivity index (χ2n) is 3.78. The number of nitrogens with two attached hydrogens (primary N) is 1. The van der Waals surface area contributed by atoms with Gasteiger partial charge < -0.3 is 15.8 Å². The second kappa shape index (κ2) is 6.43. The third-order valence-electron chi connectivity index (χ3n) is 2.22. The minimum absolute atomic E-state index is 0.223. The minimum Gasteiger partial charge on any atom is -0.497 e. The van der Waals surface area contributed by atoms with Crippen molar-refractivity contribution in [3.63, 3.8) is 0 Å². The summed E-state index contributed by atoms with van der Waals surface area (Å²) < 4.78 is 5.09. The van der Waals surface area contributed by atoms with Crippen LogP contribution >= 0.6 is 0 Å². The van der Waals surface area contributed by atoms with Gasteiger partial charge in [-0.05, 0) is 37.6 Å². The van der Waals surface area contributed by atoms with Crippen LogP contribution in [0.4, 0.5) is 0 Å². The molecule has 0 aliphatic rings. The SMILES string of the molecule is COc1ccc(CCNCC(C)N)cc1. The Kier molecular flexibility index (Phi) is 5.15. The molecular formula is C12H20N2O. The summed E-state index contributed by atoms with van der Waals surface area (Å²) in [5.41, 5.74) is 6.94. The minimum atomic E-state index is 0.223. The van der Waals surface area contributed by atoms with Crippen molar-refractivity contribution in [1.82, 2.24) is 5.32 Å². The van der Waals surface area contributed by atoms with Crippen LogP contribution in [0.25, 0.3) is 0 Å². The first-order chi connectivity index (χ1) is 7.22. The van der Waals surface area contributed by atoms with Crippen molar-refractivity contribution >= 4 is 0 Å². The van der Waals surface area contributed by atoms with E-state index in [1.54, 1.807) is 7.11 Å². The van der Waals surface area contributed by atoms with E-state index in [0.29, 0.717) is 0 Å². The van der Waals surface area contributed by atoms with Gasteiger partial charge in [-0.1, -0.05) is 12.1 Å². The van der Waals surface area contributed by atoms with E-state index in [-0.39, 0.29) is 6.04 Å². The molecule has 1 unspecified atom stereocenters. The lowest BCUT2D eigenvalue weighted by atomic mass is 10.1. The van der Waals surface area contributed by atoms with E-state index in [1.807, 2.05) is 19.1 Å². The molecule has 1 atom stereocenters. The number of benzene rings is 1. The molecule has 1 rings (SSSR count).